The molecule has 0 radical (unpaired) electrons. The number of nitro benzene ring substituents is 1. The van der Waals surface area contributed by atoms with Crippen LogP contribution in [0.5, 0.6) is 5.75 Å². The molecule has 35 heavy (non-hydrogen) atoms. The minimum Gasteiger partial charge on any atom is -0.423 e. The first kappa shape index (κ1) is 24.1. The lowest BCUT2D eigenvalue weighted by molar-refractivity contribution is -0.384. The first-order valence-electron chi connectivity index (χ1n) is 9.97. The van der Waals surface area contributed by atoms with Gasteiger partial charge in [0.1, 0.15) is 11.6 Å². The molecule has 3 aromatic carbocycles. The number of benzene rings is 3. The summed E-state index contributed by atoms with van der Waals surface area (Å²) in [6.07, 6.45) is 1.47. The molecular weight excluding hydrogens is 499 g/mol. The smallest absolute Gasteiger partial charge is 0.343 e. The molecule has 1 aliphatic rings. The summed E-state index contributed by atoms with van der Waals surface area (Å²) in [6, 6.07) is 15.1. The predicted octanol–water partition coefficient (Wildman–Crippen LogP) is 5.84. The molecule has 8 nitrogen and oxygen atoms in total. The van der Waals surface area contributed by atoms with Crippen molar-refractivity contribution in [1.82, 2.24) is 4.90 Å². The molecular formula is C24H14ClFN2O6S. The number of thioether (sulfide) groups is 1. The van der Waals surface area contributed by atoms with Gasteiger partial charge >= 0.3 is 5.97 Å². The molecule has 0 spiro atoms. The van der Waals surface area contributed by atoms with Crippen molar-refractivity contribution in [3.63, 3.8) is 0 Å². The van der Waals surface area contributed by atoms with Gasteiger partial charge < -0.3 is 4.74 Å². The number of carbonyl (C=O) groups excluding carboxylic acids is 3. The highest BCUT2D eigenvalue weighted by Gasteiger charge is 2.35. The molecule has 2 amide bonds. The fourth-order valence-corrected chi connectivity index (χ4v) is 4.25. The molecule has 3 aromatic rings. The van der Waals surface area contributed by atoms with Crippen LogP contribution in [0.15, 0.2) is 71.6 Å². The van der Waals surface area contributed by atoms with Gasteiger partial charge in [0.05, 0.1) is 21.9 Å². The maximum Gasteiger partial charge on any atom is 0.343 e. The molecule has 0 N–H and O–H groups in total. The lowest BCUT2D eigenvalue weighted by Gasteiger charge is -2.13. The summed E-state index contributed by atoms with van der Waals surface area (Å²) in [6.45, 7) is -0.109. The van der Waals surface area contributed by atoms with E-state index in [1.54, 1.807) is 12.1 Å². The third kappa shape index (κ3) is 5.56. The number of halogens is 2. The molecule has 1 heterocycles. The molecule has 0 atom stereocenters. The number of rotatable bonds is 6. The summed E-state index contributed by atoms with van der Waals surface area (Å²) in [4.78, 5) is 49.1. The fourth-order valence-electron chi connectivity index (χ4n) is 3.19. The maximum atomic E-state index is 13.3. The van der Waals surface area contributed by atoms with Crippen molar-refractivity contribution < 1.29 is 28.4 Å². The number of nitro groups is 1. The number of amides is 2. The van der Waals surface area contributed by atoms with Gasteiger partial charge in [-0.2, -0.15) is 0 Å². The number of hydrogen-bond acceptors (Lipinski definition) is 7. The number of esters is 1. The van der Waals surface area contributed by atoms with Crippen molar-refractivity contribution in [3.8, 4) is 5.75 Å². The molecule has 176 valence electrons. The zero-order chi connectivity index (χ0) is 25.1. The van der Waals surface area contributed by atoms with Crippen LogP contribution in [0.4, 0.5) is 14.9 Å². The largest absolute Gasteiger partial charge is 0.423 e. The summed E-state index contributed by atoms with van der Waals surface area (Å²) < 4.78 is 18.6. The van der Waals surface area contributed by atoms with Gasteiger partial charge in [0.2, 0.25) is 0 Å². The molecule has 0 aliphatic carbocycles. The van der Waals surface area contributed by atoms with Crippen LogP contribution in [0.2, 0.25) is 5.02 Å². The van der Waals surface area contributed by atoms with E-state index < -0.39 is 27.9 Å². The molecule has 0 unspecified atom stereocenters. The van der Waals surface area contributed by atoms with E-state index >= 15 is 0 Å². The third-order valence-electron chi connectivity index (χ3n) is 4.88. The van der Waals surface area contributed by atoms with Crippen LogP contribution < -0.4 is 4.74 Å². The maximum absolute atomic E-state index is 13.3. The van der Waals surface area contributed by atoms with Crippen LogP contribution in [0.1, 0.15) is 21.5 Å². The Hall–Kier alpha value is -4.02. The highest BCUT2D eigenvalue weighted by atomic mass is 35.5. The lowest BCUT2D eigenvalue weighted by atomic mass is 10.1. The number of hydrogen-bond donors (Lipinski definition) is 0. The highest BCUT2D eigenvalue weighted by molar-refractivity contribution is 8.18. The van der Waals surface area contributed by atoms with Gasteiger partial charge in [-0.25, -0.2) is 9.18 Å². The van der Waals surface area contributed by atoms with Crippen molar-refractivity contribution in [2.45, 2.75) is 6.54 Å². The summed E-state index contributed by atoms with van der Waals surface area (Å²) in [5.74, 6) is -1.71. The highest BCUT2D eigenvalue weighted by Crippen LogP contribution is 2.34. The van der Waals surface area contributed by atoms with Crippen molar-refractivity contribution in [2.24, 2.45) is 0 Å². The second-order valence-corrected chi connectivity index (χ2v) is 8.67. The Morgan fingerprint density at radius 2 is 1.89 bits per heavy atom. The Bertz CT molecular complexity index is 1410. The predicted molar refractivity (Wildman–Crippen MR) is 127 cm³/mol. The molecule has 11 heteroatoms. The Balaban J connectivity index is 1.50. The second-order valence-electron chi connectivity index (χ2n) is 7.27. The van der Waals surface area contributed by atoms with E-state index in [0.717, 1.165) is 28.8 Å². The quantitative estimate of drug-likeness (QED) is 0.134. The molecule has 0 aromatic heterocycles. The number of imide groups is 1. The minimum atomic E-state index is -0.789. The Labute approximate surface area is 207 Å². The van der Waals surface area contributed by atoms with E-state index in [9.17, 15) is 28.9 Å². The molecule has 1 saturated heterocycles. The molecule has 4 rings (SSSR count). The molecule has 1 fully saturated rings. The average molecular weight is 513 g/mol. The van der Waals surface area contributed by atoms with Gasteiger partial charge in [-0.05, 0) is 59.3 Å². The van der Waals surface area contributed by atoms with Crippen LogP contribution in [0.25, 0.3) is 6.08 Å². The van der Waals surface area contributed by atoms with Gasteiger partial charge in [-0.3, -0.25) is 24.6 Å². The van der Waals surface area contributed by atoms with E-state index in [-0.39, 0.29) is 33.5 Å². The van der Waals surface area contributed by atoms with Gasteiger partial charge in [-0.1, -0.05) is 35.9 Å². The number of nitrogens with zero attached hydrogens (tertiary/aromatic N) is 2. The van der Waals surface area contributed by atoms with E-state index in [4.69, 9.17) is 16.3 Å². The summed E-state index contributed by atoms with van der Waals surface area (Å²) >= 11 is 6.75. The van der Waals surface area contributed by atoms with Crippen molar-refractivity contribution in [3.05, 3.63) is 109 Å². The number of ether oxygens (including phenoxy) is 1. The van der Waals surface area contributed by atoms with Crippen LogP contribution in [0.3, 0.4) is 0 Å². The van der Waals surface area contributed by atoms with E-state index in [1.165, 1.54) is 48.5 Å². The topological polar surface area (TPSA) is 107 Å². The van der Waals surface area contributed by atoms with E-state index in [2.05, 4.69) is 0 Å². The van der Waals surface area contributed by atoms with Crippen LogP contribution in [-0.4, -0.2) is 26.9 Å². The monoisotopic (exact) mass is 512 g/mol. The van der Waals surface area contributed by atoms with Gasteiger partial charge in [0.25, 0.3) is 16.8 Å². The minimum absolute atomic E-state index is 0.00479. The van der Waals surface area contributed by atoms with Gasteiger partial charge in [0, 0.05) is 17.2 Å². The zero-order valence-corrected chi connectivity index (χ0v) is 19.2. The Morgan fingerprint density at radius 3 is 2.63 bits per heavy atom. The number of carbonyl (C=O) groups is 3. The fraction of sp³-hybridized carbons (Fsp3) is 0.0417. The van der Waals surface area contributed by atoms with Crippen LogP contribution >= 0.6 is 23.4 Å². The number of non-ortho nitro benzene ring substituents is 1. The third-order valence-corrected chi connectivity index (χ3v) is 6.14. The Morgan fingerprint density at radius 1 is 1.11 bits per heavy atom. The average Bonchev–Trinajstić information content (AvgIpc) is 3.08. The van der Waals surface area contributed by atoms with Gasteiger partial charge in [0.15, 0.2) is 0 Å². The van der Waals surface area contributed by atoms with Crippen molar-refractivity contribution in [2.75, 3.05) is 0 Å². The standard InChI is InChI=1S/C24H14ClFN2O6S/c25-20-12-17(26)8-7-16(20)13-27-22(29)21(35-24(27)31)10-14-3-1-6-19(9-14)34-23(30)15-4-2-5-18(11-15)28(32)33/h1-12H,13H2/b21-10-. The van der Waals surface area contributed by atoms with E-state index in [1.807, 2.05) is 0 Å². The lowest BCUT2D eigenvalue weighted by Crippen LogP contribution is -2.27. The van der Waals surface area contributed by atoms with Crippen LogP contribution in [-0.2, 0) is 11.3 Å². The zero-order valence-electron chi connectivity index (χ0n) is 17.6. The normalized spacial score (nSPS) is 14.5. The summed E-state index contributed by atoms with van der Waals surface area (Å²) in [5, 5.41) is 10.5. The van der Waals surface area contributed by atoms with E-state index in [0.29, 0.717) is 11.1 Å². The second kappa shape index (κ2) is 10.1. The molecule has 0 saturated carbocycles. The van der Waals surface area contributed by atoms with Crippen molar-refractivity contribution >= 4 is 52.2 Å². The summed E-state index contributed by atoms with van der Waals surface area (Å²) in [5.41, 5.74) is 0.669. The van der Waals surface area contributed by atoms with Gasteiger partial charge in [-0.15, -0.1) is 0 Å². The first-order chi connectivity index (χ1) is 16.7. The summed E-state index contributed by atoms with van der Waals surface area (Å²) in [7, 11) is 0. The molecule has 0 bridgehead atoms. The Kier molecular flexibility index (Phi) is 6.94. The first-order valence-corrected chi connectivity index (χ1v) is 11.2. The van der Waals surface area contributed by atoms with Crippen LogP contribution in [0, 0.1) is 15.9 Å². The SMILES string of the molecule is O=C(Oc1cccc(/C=C2\SC(=O)N(Cc3ccc(F)cc3Cl)C2=O)c1)c1cccc([N+](=O)[O-])c1. The van der Waals surface area contributed by atoms with Crippen molar-refractivity contribution in [1.29, 1.82) is 0 Å². The molecule has 1 aliphatic heterocycles.